The molecule has 1 aromatic heterocycles. The van der Waals surface area contributed by atoms with Gasteiger partial charge in [0.15, 0.2) is 0 Å². The lowest BCUT2D eigenvalue weighted by atomic mass is 10.2. The second-order valence-corrected chi connectivity index (χ2v) is 4.20. The van der Waals surface area contributed by atoms with E-state index in [1.807, 2.05) is 0 Å². The van der Waals surface area contributed by atoms with Crippen LogP contribution in [0.4, 0.5) is 0 Å². The van der Waals surface area contributed by atoms with E-state index in [0.29, 0.717) is 22.8 Å². The third-order valence-electron chi connectivity index (χ3n) is 2.91. The molecule has 0 aliphatic heterocycles. The van der Waals surface area contributed by atoms with Crippen LogP contribution in [0.1, 0.15) is 21.7 Å². The Morgan fingerprint density at radius 2 is 2.10 bits per heavy atom. The van der Waals surface area contributed by atoms with Gasteiger partial charge in [-0.05, 0) is 25.1 Å². The van der Waals surface area contributed by atoms with Gasteiger partial charge in [0, 0.05) is 11.6 Å². The van der Waals surface area contributed by atoms with Gasteiger partial charge in [-0.25, -0.2) is 5.43 Å². The largest absolute Gasteiger partial charge is 0.497 e. The minimum absolute atomic E-state index is 0.329. The molecule has 0 saturated heterocycles. The highest BCUT2D eigenvalue weighted by atomic mass is 16.5. The Morgan fingerprint density at radius 1 is 1.29 bits per heavy atom. The molecule has 1 aromatic carbocycles. The summed E-state index contributed by atoms with van der Waals surface area (Å²) in [5, 5.41) is 3.92. The van der Waals surface area contributed by atoms with Gasteiger partial charge in [-0.1, -0.05) is 0 Å². The van der Waals surface area contributed by atoms with Gasteiger partial charge in [-0.3, -0.25) is 4.79 Å². The Hall–Kier alpha value is -2.76. The molecule has 0 spiro atoms. The highest BCUT2D eigenvalue weighted by Gasteiger charge is 2.10. The molecular formula is C15H16N2O4. The van der Waals surface area contributed by atoms with Gasteiger partial charge in [0.2, 0.25) is 0 Å². The normalized spacial score (nSPS) is 10.6. The van der Waals surface area contributed by atoms with Crippen molar-refractivity contribution in [2.75, 3.05) is 14.2 Å². The molecule has 6 heteroatoms. The maximum Gasteiger partial charge on any atom is 0.274 e. The van der Waals surface area contributed by atoms with Gasteiger partial charge in [0.05, 0.1) is 32.3 Å². The number of carbonyl (C=O) groups is 1. The first-order chi connectivity index (χ1) is 10.2. The summed E-state index contributed by atoms with van der Waals surface area (Å²) >= 11 is 0. The Balaban J connectivity index is 2.08. The summed E-state index contributed by atoms with van der Waals surface area (Å²) in [6.45, 7) is 1.71. The van der Waals surface area contributed by atoms with Crippen molar-refractivity contribution in [1.29, 1.82) is 0 Å². The molecule has 1 amide bonds. The molecule has 0 fully saturated rings. The molecule has 0 unspecified atom stereocenters. The molecule has 0 aliphatic carbocycles. The summed E-state index contributed by atoms with van der Waals surface area (Å²) in [7, 11) is 3.13. The zero-order chi connectivity index (χ0) is 15.2. The minimum Gasteiger partial charge on any atom is -0.497 e. The summed E-state index contributed by atoms with van der Waals surface area (Å²) in [6.07, 6.45) is 2.96. The third-order valence-corrected chi connectivity index (χ3v) is 2.91. The summed E-state index contributed by atoms with van der Waals surface area (Å²) in [5.41, 5.74) is 3.62. The minimum atomic E-state index is -0.329. The second kappa shape index (κ2) is 6.60. The molecular weight excluding hydrogens is 272 g/mol. The topological polar surface area (TPSA) is 73.1 Å². The molecule has 2 aromatic rings. The van der Waals surface area contributed by atoms with Crippen molar-refractivity contribution in [1.82, 2.24) is 5.43 Å². The van der Waals surface area contributed by atoms with Gasteiger partial charge in [0.1, 0.15) is 17.3 Å². The highest BCUT2D eigenvalue weighted by molar-refractivity contribution is 5.95. The van der Waals surface area contributed by atoms with Crippen LogP contribution < -0.4 is 14.9 Å². The second-order valence-electron chi connectivity index (χ2n) is 4.20. The van der Waals surface area contributed by atoms with Gasteiger partial charge in [-0.15, -0.1) is 0 Å². The molecule has 110 valence electrons. The fourth-order valence-electron chi connectivity index (χ4n) is 1.77. The molecule has 0 aliphatic rings. The smallest absolute Gasteiger partial charge is 0.274 e. The Labute approximate surface area is 122 Å². The van der Waals surface area contributed by atoms with Crippen LogP contribution in [0.3, 0.4) is 0 Å². The van der Waals surface area contributed by atoms with E-state index in [1.54, 1.807) is 45.4 Å². The van der Waals surface area contributed by atoms with Crippen LogP contribution in [0, 0.1) is 6.92 Å². The predicted molar refractivity (Wildman–Crippen MR) is 78.1 cm³/mol. The molecule has 2 rings (SSSR count). The number of methoxy groups -OCH3 is 2. The third kappa shape index (κ3) is 3.42. The van der Waals surface area contributed by atoms with Gasteiger partial charge in [-0.2, -0.15) is 5.10 Å². The molecule has 0 atom stereocenters. The maximum absolute atomic E-state index is 11.8. The van der Waals surface area contributed by atoms with Crippen LogP contribution in [0.25, 0.3) is 0 Å². The van der Waals surface area contributed by atoms with Crippen molar-refractivity contribution in [2.24, 2.45) is 5.10 Å². The van der Waals surface area contributed by atoms with Crippen molar-refractivity contribution in [3.05, 3.63) is 47.4 Å². The van der Waals surface area contributed by atoms with E-state index in [2.05, 4.69) is 10.5 Å². The van der Waals surface area contributed by atoms with Crippen LogP contribution in [0.15, 0.2) is 40.0 Å². The number of hydrogen-bond acceptors (Lipinski definition) is 5. The number of aryl methyl sites for hydroxylation is 1. The number of carbonyl (C=O) groups excluding carboxylic acids is 1. The number of benzene rings is 1. The van der Waals surface area contributed by atoms with Gasteiger partial charge >= 0.3 is 0 Å². The number of furan rings is 1. The van der Waals surface area contributed by atoms with E-state index >= 15 is 0 Å². The average Bonchev–Trinajstić information content (AvgIpc) is 2.93. The fraction of sp³-hybridized carbons (Fsp3) is 0.200. The Bertz CT molecular complexity index is 661. The van der Waals surface area contributed by atoms with E-state index < -0.39 is 0 Å². The Morgan fingerprint density at radius 3 is 2.71 bits per heavy atom. The van der Waals surface area contributed by atoms with Crippen molar-refractivity contribution in [3.63, 3.8) is 0 Å². The van der Waals surface area contributed by atoms with Crippen molar-refractivity contribution in [3.8, 4) is 11.5 Å². The number of rotatable bonds is 5. The highest BCUT2D eigenvalue weighted by Crippen LogP contribution is 2.23. The number of nitrogens with one attached hydrogen (secondary N) is 1. The first-order valence-electron chi connectivity index (χ1n) is 6.25. The molecule has 1 N–H and O–H groups in total. The van der Waals surface area contributed by atoms with Crippen LogP contribution in [-0.2, 0) is 0 Å². The number of nitrogens with zero attached hydrogens (tertiary/aromatic N) is 1. The number of hydrogen-bond donors (Lipinski definition) is 1. The molecule has 6 nitrogen and oxygen atoms in total. The first kappa shape index (κ1) is 14.6. The summed E-state index contributed by atoms with van der Waals surface area (Å²) in [6, 6.07) is 6.90. The van der Waals surface area contributed by atoms with E-state index in [-0.39, 0.29) is 5.91 Å². The van der Waals surface area contributed by atoms with Crippen LogP contribution in [0.5, 0.6) is 11.5 Å². The quantitative estimate of drug-likeness (QED) is 0.677. The lowest BCUT2D eigenvalue weighted by Crippen LogP contribution is -2.17. The van der Waals surface area contributed by atoms with Crippen molar-refractivity contribution < 1.29 is 18.7 Å². The van der Waals surface area contributed by atoms with Gasteiger partial charge < -0.3 is 13.9 Å². The van der Waals surface area contributed by atoms with E-state index in [0.717, 1.165) is 5.56 Å². The van der Waals surface area contributed by atoms with E-state index in [1.165, 1.54) is 12.5 Å². The van der Waals surface area contributed by atoms with Crippen LogP contribution in [-0.4, -0.2) is 26.3 Å². The number of ether oxygens (including phenoxy) is 2. The molecule has 0 radical (unpaired) electrons. The lowest BCUT2D eigenvalue weighted by Gasteiger charge is -2.06. The number of amides is 1. The summed E-state index contributed by atoms with van der Waals surface area (Å²) in [5.74, 6) is 1.50. The fourth-order valence-corrected chi connectivity index (χ4v) is 1.77. The monoisotopic (exact) mass is 288 g/mol. The standard InChI is InChI=1S/C15H16N2O4/c1-10-13(6-7-21-10)15(18)17-16-9-11-4-5-12(19-2)8-14(11)20-3/h4-9H,1-3H3,(H,17,18)/b16-9+. The SMILES string of the molecule is COc1ccc(/C=N/NC(=O)c2ccoc2C)c(OC)c1. The average molecular weight is 288 g/mol. The predicted octanol–water partition coefficient (Wildman–Crippen LogP) is 2.37. The van der Waals surface area contributed by atoms with Crippen molar-refractivity contribution >= 4 is 12.1 Å². The Kier molecular flexibility index (Phi) is 4.61. The van der Waals surface area contributed by atoms with Crippen molar-refractivity contribution in [2.45, 2.75) is 6.92 Å². The van der Waals surface area contributed by atoms with E-state index in [4.69, 9.17) is 13.9 Å². The zero-order valence-corrected chi connectivity index (χ0v) is 12.0. The first-order valence-corrected chi connectivity index (χ1v) is 6.25. The number of hydrazone groups is 1. The summed E-state index contributed by atoms with van der Waals surface area (Å²) in [4.78, 5) is 11.8. The lowest BCUT2D eigenvalue weighted by molar-refractivity contribution is 0.0953. The molecule has 21 heavy (non-hydrogen) atoms. The molecule has 0 bridgehead atoms. The van der Waals surface area contributed by atoms with Crippen LogP contribution >= 0.6 is 0 Å². The van der Waals surface area contributed by atoms with Gasteiger partial charge in [0.25, 0.3) is 5.91 Å². The maximum atomic E-state index is 11.8. The van der Waals surface area contributed by atoms with E-state index in [9.17, 15) is 4.79 Å². The van der Waals surface area contributed by atoms with Crippen LogP contribution in [0.2, 0.25) is 0 Å². The molecule has 1 heterocycles. The summed E-state index contributed by atoms with van der Waals surface area (Å²) < 4.78 is 15.4. The zero-order valence-electron chi connectivity index (χ0n) is 12.0. The molecule has 0 saturated carbocycles.